The number of carbonyl (C=O) groups is 1. The molecule has 0 aliphatic heterocycles. The topological polar surface area (TPSA) is 17.1 Å². The number of hydrogen-bond acceptors (Lipinski definition) is 3. The van der Waals surface area contributed by atoms with Gasteiger partial charge in [-0.05, 0) is 24.5 Å². The molecule has 2 aromatic rings. The molecule has 0 amide bonds. The predicted molar refractivity (Wildman–Crippen MR) is 59.0 cm³/mol. The molecule has 0 radical (unpaired) electrons. The first-order chi connectivity index (χ1) is 6.76. The Hall–Kier alpha value is -0.870. The highest BCUT2D eigenvalue weighted by molar-refractivity contribution is 7.99. The van der Waals surface area contributed by atoms with Crippen molar-refractivity contribution in [1.82, 2.24) is 0 Å². The van der Waals surface area contributed by atoms with Crippen molar-refractivity contribution in [2.24, 2.45) is 0 Å². The van der Waals surface area contributed by atoms with Crippen molar-refractivity contribution in [3.8, 4) is 0 Å². The number of aldehydes is 1. The zero-order valence-electron chi connectivity index (χ0n) is 7.41. The van der Waals surface area contributed by atoms with Crippen LogP contribution in [-0.2, 0) is 0 Å². The average Bonchev–Trinajstić information content (AvgIpc) is 2.57. The van der Waals surface area contributed by atoms with Gasteiger partial charge in [0.05, 0.1) is 4.70 Å². The van der Waals surface area contributed by atoms with Gasteiger partial charge >= 0.3 is 0 Å². The third kappa shape index (κ3) is 1.44. The van der Waals surface area contributed by atoms with Crippen molar-refractivity contribution in [2.75, 3.05) is 6.26 Å². The molecule has 0 atom stereocenters. The molecule has 1 aromatic heterocycles. The number of halogens is 1. The molecule has 1 aromatic carbocycles. The predicted octanol–water partition coefficient (Wildman–Crippen LogP) is 3.57. The fraction of sp³-hybridized carbons (Fsp3) is 0.100. The number of thioether (sulfide) groups is 1. The summed E-state index contributed by atoms with van der Waals surface area (Å²) in [5, 5.41) is 0.471. The molecule has 0 aliphatic carbocycles. The first-order valence-corrected chi connectivity index (χ1v) is 6.01. The van der Waals surface area contributed by atoms with Crippen molar-refractivity contribution in [2.45, 2.75) is 4.90 Å². The first-order valence-electron chi connectivity index (χ1n) is 3.97. The van der Waals surface area contributed by atoms with Crippen LogP contribution in [0.1, 0.15) is 10.4 Å². The molecule has 14 heavy (non-hydrogen) atoms. The van der Waals surface area contributed by atoms with Crippen LogP contribution < -0.4 is 0 Å². The van der Waals surface area contributed by atoms with Gasteiger partial charge in [0.2, 0.25) is 0 Å². The van der Waals surface area contributed by atoms with E-state index in [0.29, 0.717) is 10.9 Å². The Bertz CT molecular complexity index is 490. The van der Waals surface area contributed by atoms with Crippen LogP contribution in [0, 0.1) is 5.13 Å². The van der Waals surface area contributed by atoms with E-state index in [1.54, 1.807) is 17.8 Å². The standard InChI is InChI=1S/C10H7FOS2/c1-13-8-3-2-6(5-12)7-4-9(11)14-10(7)8/h2-5H,1H3. The molecule has 0 bridgehead atoms. The molecule has 1 heterocycles. The van der Waals surface area contributed by atoms with Gasteiger partial charge in [-0.3, -0.25) is 4.79 Å². The van der Waals surface area contributed by atoms with Gasteiger partial charge in [0.15, 0.2) is 11.4 Å². The van der Waals surface area contributed by atoms with E-state index in [-0.39, 0.29) is 5.13 Å². The monoisotopic (exact) mass is 226 g/mol. The number of fused-ring (bicyclic) bond motifs is 1. The highest BCUT2D eigenvalue weighted by atomic mass is 32.2. The molecule has 4 heteroatoms. The van der Waals surface area contributed by atoms with Crippen molar-refractivity contribution >= 4 is 39.5 Å². The quantitative estimate of drug-likeness (QED) is 0.575. The van der Waals surface area contributed by atoms with Gasteiger partial charge in [-0.2, -0.15) is 4.39 Å². The minimum absolute atomic E-state index is 0.246. The molecule has 0 saturated carbocycles. The third-order valence-electron chi connectivity index (χ3n) is 2.00. The lowest BCUT2D eigenvalue weighted by atomic mass is 10.1. The normalized spacial score (nSPS) is 10.7. The summed E-state index contributed by atoms with van der Waals surface area (Å²) in [4.78, 5) is 11.7. The van der Waals surface area contributed by atoms with Crippen LogP contribution in [0.15, 0.2) is 23.1 Å². The van der Waals surface area contributed by atoms with E-state index in [1.807, 2.05) is 12.3 Å². The summed E-state index contributed by atoms with van der Waals surface area (Å²) in [7, 11) is 0. The molecule has 72 valence electrons. The fourth-order valence-corrected chi connectivity index (χ4v) is 3.05. The molecular formula is C10H7FOS2. The molecule has 0 fully saturated rings. The SMILES string of the molecule is CSc1ccc(C=O)c2cc(F)sc12. The van der Waals surface area contributed by atoms with Crippen LogP contribution in [0.3, 0.4) is 0 Å². The van der Waals surface area contributed by atoms with Gasteiger partial charge in [-0.1, -0.05) is 0 Å². The van der Waals surface area contributed by atoms with E-state index in [9.17, 15) is 9.18 Å². The maximum Gasteiger partial charge on any atom is 0.177 e. The van der Waals surface area contributed by atoms with Crippen molar-refractivity contribution in [3.05, 3.63) is 28.9 Å². The van der Waals surface area contributed by atoms with Crippen LogP contribution in [0.4, 0.5) is 4.39 Å². The van der Waals surface area contributed by atoms with Gasteiger partial charge in [0, 0.05) is 15.8 Å². The Morgan fingerprint density at radius 1 is 1.50 bits per heavy atom. The van der Waals surface area contributed by atoms with E-state index < -0.39 is 0 Å². The summed E-state index contributed by atoms with van der Waals surface area (Å²) in [6.45, 7) is 0. The van der Waals surface area contributed by atoms with Crippen molar-refractivity contribution in [3.63, 3.8) is 0 Å². The highest BCUT2D eigenvalue weighted by Gasteiger charge is 2.09. The van der Waals surface area contributed by atoms with Gasteiger partial charge in [-0.15, -0.1) is 23.1 Å². The van der Waals surface area contributed by atoms with Crippen LogP contribution in [0.5, 0.6) is 0 Å². The minimum Gasteiger partial charge on any atom is -0.298 e. The van der Waals surface area contributed by atoms with E-state index in [1.165, 1.54) is 6.07 Å². The zero-order valence-corrected chi connectivity index (χ0v) is 9.05. The highest BCUT2D eigenvalue weighted by Crippen LogP contribution is 2.34. The second-order valence-electron chi connectivity index (χ2n) is 2.77. The lowest BCUT2D eigenvalue weighted by Crippen LogP contribution is -1.80. The summed E-state index contributed by atoms with van der Waals surface area (Å²) in [6, 6.07) is 5.00. The number of thiophene rings is 1. The maximum atomic E-state index is 13.0. The second-order valence-corrected chi connectivity index (χ2v) is 4.62. The number of benzene rings is 1. The van der Waals surface area contributed by atoms with Gasteiger partial charge in [-0.25, -0.2) is 0 Å². The Morgan fingerprint density at radius 3 is 2.93 bits per heavy atom. The summed E-state index contributed by atoms with van der Waals surface area (Å²) < 4.78 is 13.9. The van der Waals surface area contributed by atoms with Crippen molar-refractivity contribution in [1.29, 1.82) is 0 Å². The summed E-state index contributed by atoms with van der Waals surface area (Å²) in [6.07, 6.45) is 2.70. The van der Waals surface area contributed by atoms with Gasteiger partial charge in [0.25, 0.3) is 0 Å². The second kappa shape index (κ2) is 3.71. The van der Waals surface area contributed by atoms with Crippen LogP contribution in [0.2, 0.25) is 0 Å². The summed E-state index contributed by atoms with van der Waals surface area (Å²) in [5.74, 6) is 0. The lowest BCUT2D eigenvalue weighted by molar-refractivity contribution is 0.112. The minimum atomic E-state index is -0.246. The molecule has 0 saturated heterocycles. The first kappa shape index (κ1) is 9.68. The fourth-order valence-electron chi connectivity index (χ4n) is 1.35. The molecule has 0 spiro atoms. The van der Waals surface area contributed by atoms with Crippen molar-refractivity contribution < 1.29 is 9.18 Å². The maximum absolute atomic E-state index is 13.0. The Morgan fingerprint density at radius 2 is 2.29 bits per heavy atom. The smallest absolute Gasteiger partial charge is 0.177 e. The number of carbonyl (C=O) groups excluding carboxylic acids is 1. The van der Waals surface area contributed by atoms with Gasteiger partial charge < -0.3 is 0 Å². The Balaban J connectivity index is 2.83. The molecule has 0 N–H and O–H groups in total. The molecule has 0 unspecified atom stereocenters. The third-order valence-corrected chi connectivity index (χ3v) is 3.86. The van der Waals surface area contributed by atoms with E-state index in [4.69, 9.17) is 0 Å². The van der Waals surface area contributed by atoms with E-state index in [2.05, 4.69) is 0 Å². The van der Waals surface area contributed by atoms with Crippen LogP contribution >= 0.6 is 23.1 Å². The van der Waals surface area contributed by atoms with E-state index >= 15 is 0 Å². The molecule has 0 aliphatic rings. The zero-order chi connectivity index (χ0) is 10.1. The Kier molecular flexibility index (Phi) is 2.56. The molecule has 1 nitrogen and oxygen atoms in total. The Labute approximate surface area is 88.9 Å². The number of hydrogen-bond donors (Lipinski definition) is 0. The van der Waals surface area contributed by atoms with E-state index in [0.717, 1.165) is 27.2 Å². The number of rotatable bonds is 2. The largest absolute Gasteiger partial charge is 0.298 e. The average molecular weight is 226 g/mol. The summed E-state index contributed by atoms with van der Waals surface area (Å²) in [5.41, 5.74) is 0.554. The summed E-state index contributed by atoms with van der Waals surface area (Å²) >= 11 is 2.65. The molecule has 2 rings (SSSR count). The lowest BCUT2D eigenvalue weighted by Gasteiger charge is -1.99. The molecular weight excluding hydrogens is 219 g/mol. The van der Waals surface area contributed by atoms with Crippen LogP contribution in [0.25, 0.3) is 10.1 Å². The van der Waals surface area contributed by atoms with Crippen LogP contribution in [-0.4, -0.2) is 12.5 Å². The van der Waals surface area contributed by atoms with Gasteiger partial charge in [0.1, 0.15) is 0 Å².